The fraction of sp³-hybridized carbons (Fsp3) is 0.350. The first kappa shape index (κ1) is 20.6. The third kappa shape index (κ3) is 4.16. The average molecular weight is 423 g/mol. The molecular formula is C20H23ClN2O4S. The number of ether oxygens (including phenoxy) is 1. The van der Waals surface area contributed by atoms with Crippen LogP contribution >= 0.6 is 11.6 Å². The fourth-order valence-corrected chi connectivity index (χ4v) is 4.79. The van der Waals surface area contributed by atoms with Crippen molar-refractivity contribution >= 4 is 27.5 Å². The third-order valence-corrected chi connectivity index (χ3v) is 7.04. The molecule has 150 valence electrons. The maximum atomic E-state index is 12.9. The van der Waals surface area contributed by atoms with Gasteiger partial charge in [-0.3, -0.25) is 4.79 Å². The van der Waals surface area contributed by atoms with Crippen LogP contribution in [0.15, 0.2) is 47.4 Å². The van der Waals surface area contributed by atoms with Crippen molar-refractivity contribution in [1.29, 1.82) is 0 Å². The number of piperazine rings is 1. The van der Waals surface area contributed by atoms with Crippen molar-refractivity contribution in [3.05, 3.63) is 58.6 Å². The van der Waals surface area contributed by atoms with Gasteiger partial charge in [0, 0.05) is 31.2 Å². The Morgan fingerprint density at radius 1 is 1.07 bits per heavy atom. The van der Waals surface area contributed by atoms with E-state index in [0.717, 1.165) is 12.0 Å². The number of carbonyl (C=O) groups is 1. The predicted molar refractivity (Wildman–Crippen MR) is 108 cm³/mol. The topological polar surface area (TPSA) is 66.9 Å². The van der Waals surface area contributed by atoms with E-state index in [-0.39, 0.29) is 23.9 Å². The van der Waals surface area contributed by atoms with E-state index in [1.807, 2.05) is 19.1 Å². The number of hydrogen-bond donors (Lipinski definition) is 0. The lowest BCUT2D eigenvalue weighted by Gasteiger charge is -2.34. The van der Waals surface area contributed by atoms with E-state index in [2.05, 4.69) is 0 Å². The van der Waals surface area contributed by atoms with Crippen LogP contribution in [0.5, 0.6) is 5.75 Å². The smallest absolute Gasteiger partial charge is 0.257 e. The van der Waals surface area contributed by atoms with Crippen LogP contribution in [0.4, 0.5) is 0 Å². The zero-order chi connectivity index (χ0) is 20.3. The minimum absolute atomic E-state index is 0.219. The van der Waals surface area contributed by atoms with Gasteiger partial charge in [-0.1, -0.05) is 30.7 Å². The van der Waals surface area contributed by atoms with Crippen LogP contribution in [-0.4, -0.2) is 56.8 Å². The van der Waals surface area contributed by atoms with Gasteiger partial charge < -0.3 is 9.64 Å². The second-order valence-corrected chi connectivity index (χ2v) is 8.91. The minimum Gasteiger partial charge on any atom is -0.496 e. The molecule has 6 nitrogen and oxygen atoms in total. The number of nitrogens with zero attached hydrogens (tertiary/aromatic N) is 2. The molecule has 0 spiro atoms. The van der Waals surface area contributed by atoms with Crippen molar-refractivity contribution in [2.45, 2.75) is 18.2 Å². The van der Waals surface area contributed by atoms with Crippen molar-refractivity contribution in [2.24, 2.45) is 0 Å². The molecule has 0 aromatic heterocycles. The molecule has 0 saturated carbocycles. The van der Waals surface area contributed by atoms with Gasteiger partial charge in [0.05, 0.1) is 17.6 Å². The van der Waals surface area contributed by atoms with Crippen LogP contribution in [-0.2, 0) is 16.4 Å². The molecule has 1 heterocycles. The number of sulfonamides is 1. The molecule has 1 aliphatic heterocycles. The Kier molecular flexibility index (Phi) is 6.27. The first-order valence-electron chi connectivity index (χ1n) is 9.08. The van der Waals surface area contributed by atoms with Gasteiger partial charge in [-0.05, 0) is 42.3 Å². The largest absolute Gasteiger partial charge is 0.496 e. The van der Waals surface area contributed by atoms with E-state index in [1.165, 1.54) is 11.4 Å². The van der Waals surface area contributed by atoms with E-state index < -0.39 is 10.0 Å². The third-order valence-electron chi connectivity index (χ3n) is 4.89. The van der Waals surface area contributed by atoms with E-state index >= 15 is 0 Å². The monoisotopic (exact) mass is 422 g/mol. The van der Waals surface area contributed by atoms with Gasteiger partial charge in [0.2, 0.25) is 10.0 Å². The minimum atomic E-state index is -3.57. The number of rotatable bonds is 5. The van der Waals surface area contributed by atoms with E-state index in [9.17, 15) is 13.2 Å². The van der Waals surface area contributed by atoms with Crippen LogP contribution < -0.4 is 4.74 Å². The van der Waals surface area contributed by atoms with Gasteiger partial charge in [-0.25, -0.2) is 8.42 Å². The van der Waals surface area contributed by atoms with Crippen LogP contribution in [0.1, 0.15) is 22.8 Å². The number of amides is 1. The van der Waals surface area contributed by atoms with Crippen LogP contribution in [0.2, 0.25) is 5.02 Å². The number of benzene rings is 2. The molecule has 1 saturated heterocycles. The molecule has 0 aliphatic carbocycles. The molecule has 1 amide bonds. The Labute approximate surface area is 170 Å². The van der Waals surface area contributed by atoms with Crippen molar-refractivity contribution in [1.82, 2.24) is 9.21 Å². The van der Waals surface area contributed by atoms with Crippen LogP contribution in [0.3, 0.4) is 0 Å². The van der Waals surface area contributed by atoms with E-state index in [4.69, 9.17) is 16.3 Å². The summed E-state index contributed by atoms with van der Waals surface area (Å²) in [4.78, 5) is 14.8. The standard InChI is InChI=1S/C20H23ClN2O4S/c1-3-15-4-7-17(8-5-15)28(25,26)23-12-10-22(11-13-23)20(24)18-14-16(21)6-9-19(18)27-2/h4-9,14H,3,10-13H2,1-2H3. The lowest BCUT2D eigenvalue weighted by atomic mass is 10.1. The maximum Gasteiger partial charge on any atom is 0.257 e. The number of hydrogen-bond acceptors (Lipinski definition) is 4. The molecule has 3 rings (SSSR count). The summed E-state index contributed by atoms with van der Waals surface area (Å²) < 4.78 is 32.4. The number of aryl methyl sites for hydroxylation is 1. The molecule has 0 radical (unpaired) electrons. The lowest BCUT2D eigenvalue weighted by molar-refractivity contribution is 0.0694. The van der Waals surface area contributed by atoms with Crippen molar-refractivity contribution in [2.75, 3.05) is 33.3 Å². The normalized spacial score (nSPS) is 15.5. The Balaban J connectivity index is 1.71. The molecule has 2 aromatic rings. The highest BCUT2D eigenvalue weighted by atomic mass is 35.5. The van der Waals surface area contributed by atoms with Gasteiger partial charge >= 0.3 is 0 Å². The second kappa shape index (κ2) is 8.51. The molecule has 2 aromatic carbocycles. The van der Waals surface area contributed by atoms with Crippen LogP contribution in [0.25, 0.3) is 0 Å². The number of carbonyl (C=O) groups excluding carboxylic acids is 1. The summed E-state index contributed by atoms with van der Waals surface area (Å²) in [6.07, 6.45) is 0.855. The van der Waals surface area contributed by atoms with Gasteiger partial charge in [0.1, 0.15) is 5.75 Å². The molecule has 1 aliphatic rings. The predicted octanol–water partition coefficient (Wildman–Crippen LogP) is 3.06. The van der Waals surface area contributed by atoms with Crippen molar-refractivity contribution < 1.29 is 17.9 Å². The van der Waals surface area contributed by atoms with E-state index in [1.54, 1.807) is 35.2 Å². The van der Waals surface area contributed by atoms with E-state index in [0.29, 0.717) is 29.4 Å². The zero-order valence-electron chi connectivity index (χ0n) is 15.9. The Morgan fingerprint density at radius 3 is 2.29 bits per heavy atom. The molecule has 0 unspecified atom stereocenters. The quantitative estimate of drug-likeness (QED) is 0.742. The van der Waals surface area contributed by atoms with Crippen LogP contribution in [0, 0.1) is 0 Å². The Bertz CT molecular complexity index is 953. The molecular weight excluding hydrogens is 400 g/mol. The second-order valence-electron chi connectivity index (χ2n) is 6.54. The summed E-state index contributed by atoms with van der Waals surface area (Å²) in [6.45, 7) is 3.12. The Morgan fingerprint density at radius 2 is 1.71 bits per heavy atom. The molecule has 1 fully saturated rings. The Hall–Kier alpha value is -2.09. The SMILES string of the molecule is CCc1ccc(S(=O)(=O)N2CCN(C(=O)c3cc(Cl)ccc3OC)CC2)cc1. The van der Waals surface area contributed by atoms with Gasteiger partial charge in [0.25, 0.3) is 5.91 Å². The first-order chi connectivity index (χ1) is 13.4. The highest BCUT2D eigenvalue weighted by molar-refractivity contribution is 7.89. The summed E-state index contributed by atoms with van der Waals surface area (Å²) in [6, 6.07) is 11.8. The van der Waals surface area contributed by atoms with Gasteiger partial charge in [-0.2, -0.15) is 4.31 Å². The molecule has 8 heteroatoms. The summed E-state index contributed by atoms with van der Waals surface area (Å²) in [5, 5.41) is 0.445. The molecule has 0 bridgehead atoms. The maximum absolute atomic E-state index is 12.9. The number of halogens is 1. The van der Waals surface area contributed by atoms with Crippen molar-refractivity contribution in [3.63, 3.8) is 0 Å². The lowest BCUT2D eigenvalue weighted by Crippen LogP contribution is -2.50. The summed E-state index contributed by atoms with van der Waals surface area (Å²) in [5.41, 5.74) is 1.46. The zero-order valence-corrected chi connectivity index (χ0v) is 17.5. The van der Waals surface area contributed by atoms with Gasteiger partial charge in [0.15, 0.2) is 0 Å². The number of methoxy groups -OCH3 is 1. The molecule has 28 heavy (non-hydrogen) atoms. The fourth-order valence-electron chi connectivity index (χ4n) is 3.20. The highest BCUT2D eigenvalue weighted by Gasteiger charge is 2.31. The first-order valence-corrected chi connectivity index (χ1v) is 10.9. The summed E-state index contributed by atoms with van der Waals surface area (Å²) in [5.74, 6) is 0.226. The average Bonchev–Trinajstić information content (AvgIpc) is 2.73. The highest BCUT2D eigenvalue weighted by Crippen LogP contribution is 2.25. The van der Waals surface area contributed by atoms with Crippen molar-refractivity contribution in [3.8, 4) is 5.75 Å². The molecule has 0 N–H and O–H groups in total. The molecule has 0 atom stereocenters. The summed E-state index contributed by atoms with van der Waals surface area (Å²) >= 11 is 6.02. The summed E-state index contributed by atoms with van der Waals surface area (Å²) in [7, 11) is -2.08. The van der Waals surface area contributed by atoms with Gasteiger partial charge in [-0.15, -0.1) is 0 Å².